The topological polar surface area (TPSA) is 114 Å². The predicted octanol–water partition coefficient (Wildman–Crippen LogP) is 3.33. The van der Waals surface area contributed by atoms with Crippen LogP contribution in [0, 0.1) is 0 Å². The van der Waals surface area contributed by atoms with Gasteiger partial charge in [-0.3, -0.25) is 13.7 Å². The van der Waals surface area contributed by atoms with E-state index in [9.17, 15) is 10.2 Å². The van der Waals surface area contributed by atoms with Gasteiger partial charge in [0.1, 0.15) is 12.7 Å². The van der Waals surface area contributed by atoms with Crippen LogP contribution in [-0.4, -0.2) is 80.5 Å². The quantitative estimate of drug-likeness (QED) is 0.220. The number of aliphatic hydroxyl groups excluding tert-OH is 2. The van der Waals surface area contributed by atoms with Crippen molar-refractivity contribution >= 4 is 33.3 Å². The van der Waals surface area contributed by atoms with Gasteiger partial charge in [-0.2, -0.15) is 0 Å². The lowest BCUT2D eigenvalue weighted by atomic mass is 9.96. The fourth-order valence-electron chi connectivity index (χ4n) is 2.60. The Balaban J connectivity index is 3.40. The molecule has 0 spiro atoms. The lowest BCUT2D eigenvalue weighted by molar-refractivity contribution is -0.468. The second kappa shape index (κ2) is 11.0. The van der Waals surface area contributed by atoms with Gasteiger partial charge in [0.2, 0.25) is 30.7 Å². The van der Waals surface area contributed by atoms with Crippen LogP contribution in [0.25, 0.3) is 0 Å². The van der Waals surface area contributed by atoms with Crippen LogP contribution in [0.4, 0.5) is 0 Å². The zero-order valence-corrected chi connectivity index (χ0v) is 25.7. The van der Waals surface area contributed by atoms with Gasteiger partial charge in [0.15, 0.2) is 26.8 Å². The molecule has 0 aromatic carbocycles. The molecule has 1 saturated heterocycles. The summed E-state index contributed by atoms with van der Waals surface area (Å²) in [6, 6.07) is 0. The lowest BCUT2D eigenvalue weighted by Gasteiger charge is -2.50. The van der Waals surface area contributed by atoms with Gasteiger partial charge in [0, 0.05) is 0 Å². The summed E-state index contributed by atoms with van der Waals surface area (Å²) in [6.07, 6.45) is -5.42. The van der Waals surface area contributed by atoms with Crippen LogP contribution in [0.3, 0.4) is 0 Å². The highest BCUT2D eigenvalue weighted by Crippen LogP contribution is 2.38. The molecular formula is C18H44O10Si4. The van der Waals surface area contributed by atoms with E-state index in [4.69, 9.17) is 37.6 Å². The summed E-state index contributed by atoms with van der Waals surface area (Å²) in [6.45, 7) is 23.2. The molecule has 0 aromatic heterocycles. The molecule has 1 unspecified atom stereocenters. The van der Waals surface area contributed by atoms with E-state index in [1.165, 1.54) is 0 Å². The van der Waals surface area contributed by atoms with Gasteiger partial charge in [0.25, 0.3) is 0 Å². The SMILES string of the molecule is C[Si](C)(C)OOC[C@@]1(O[Si](C)(C)C)OC(O)[C@H](O)[C@@H](OO[Si](C)(C)C)[C@@H]1OO[Si](C)(C)C. The summed E-state index contributed by atoms with van der Waals surface area (Å²) in [5, 5.41) is 21.3. The van der Waals surface area contributed by atoms with Crippen LogP contribution < -0.4 is 0 Å². The molecule has 0 radical (unpaired) electrons. The molecule has 0 saturated carbocycles. The van der Waals surface area contributed by atoms with Crippen molar-refractivity contribution in [3.8, 4) is 0 Å². The molecule has 0 bridgehead atoms. The maximum absolute atomic E-state index is 10.7. The number of hydrogen-bond donors (Lipinski definition) is 2. The van der Waals surface area contributed by atoms with Gasteiger partial charge < -0.3 is 19.4 Å². The Labute approximate surface area is 196 Å². The largest absolute Gasteiger partial charge is 0.387 e. The van der Waals surface area contributed by atoms with Gasteiger partial charge in [-0.15, -0.1) is 0 Å². The van der Waals surface area contributed by atoms with Crippen LogP contribution in [0.5, 0.6) is 0 Å². The Morgan fingerprint density at radius 3 is 1.59 bits per heavy atom. The summed E-state index contributed by atoms with van der Waals surface area (Å²) in [5.41, 5.74) is 0. The van der Waals surface area contributed by atoms with Gasteiger partial charge in [-0.1, -0.05) is 0 Å². The molecule has 192 valence electrons. The van der Waals surface area contributed by atoms with E-state index in [2.05, 4.69) is 0 Å². The third-order valence-corrected chi connectivity index (χ3v) is 6.31. The van der Waals surface area contributed by atoms with Crippen LogP contribution in [0.1, 0.15) is 0 Å². The van der Waals surface area contributed by atoms with E-state index >= 15 is 0 Å². The molecule has 14 heteroatoms. The van der Waals surface area contributed by atoms with Crippen molar-refractivity contribution in [2.45, 2.75) is 109 Å². The highest BCUT2D eigenvalue weighted by Gasteiger charge is 2.60. The van der Waals surface area contributed by atoms with Crippen LogP contribution in [-0.2, 0) is 37.6 Å². The Kier molecular flexibility index (Phi) is 10.5. The van der Waals surface area contributed by atoms with E-state index < -0.39 is 63.7 Å². The Morgan fingerprint density at radius 2 is 1.16 bits per heavy atom. The third-order valence-electron chi connectivity index (χ3n) is 3.54. The molecule has 1 aliphatic heterocycles. The summed E-state index contributed by atoms with van der Waals surface area (Å²) in [5.74, 6) is -1.67. The second-order valence-corrected chi connectivity index (χ2v) is 29.6. The van der Waals surface area contributed by atoms with Crippen molar-refractivity contribution in [1.29, 1.82) is 0 Å². The molecule has 0 amide bonds. The Morgan fingerprint density at radius 1 is 0.688 bits per heavy atom. The van der Waals surface area contributed by atoms with E-state index in [-0.39, 0.29) is 6.61 Å². The molecular weight excluding hydrogens is 489 g/mol. The zero-order chi connectivity index (χ0) is 25.2. The molecule has 5 atom stereocenters. The van der Waals surface area contributed by atoms with Gasteiger partial charge >= 0.3 is 0 Å². The normalized spacial score (nSPS) is 30.6. The molecule has 32 heavy (non-hydrogen) atoms. The number of hydrogen-bond acceptors (Lipinski definition) is 10. The minimum Gasteiger partial charge on any atom is -0.387 e. The summed E-state index contributed by atoms with van der Waals surface area (Å²) in [4.78, 5) is 17.0. The van der Waals surface area contributed by atoms with Crippen LogP contribution >= 0.6 is 0 Å². The van der Waals surface area contributed by atoms with Crippen molar-refractivity contribution in [2.24, 2.45) is 0 Å². The Hall–Kier alpha value is 0.468. The van der Waals surface area contributed by atoms with Gasteiger partial charge in [-0.05, 0) is 78.6 Å². The highest BCUT2D eigenvalue weighted by molar-refractivity contribution is 6.70. The Bertz CT molecular complexity index is 584. The van der Waals surface area contributed by atoms with Crippen molar-refractivity contribution < 1.29 is 47.8 Å². The van der Waals surface area contributed by atoms with E-state index in [1.54, 1.807) is 0 Å². The van der Waals surface area contributed by atoms with E-state index in [0.29, 0.717) is 0 Å². The number of rotatable bonds is 12. The molecule has 1 aliphatic rings. The van der Waals surface area contributed by atoms with Crippen molar-refractivity contribution in [3.05, 3.63) is 0 Å². The molecule has 0 aromatic rings. The first kappa shape index (κ1) is 30.5. The predicted molar refractivity (Wildman–Crippen MR) is 129 cm³/mol. The van der Waals surface area contributed by atoms with Gasteiger partial charge in [-0.25, -0.2) is 14.7 Å². The monoisotopic (exact) mass is 532 g/mol. The first-order chi connectivity index (χ1) is 14.1. The molecule has 10 nitrogen and oxygen atoms in total. The standard InChI is InChI=1S/C18H44O10Si4/c1-29(2,3)25-18(13-21-26-30(4,5)6)16(24-28-32(10,11)12)15(14(19)17(20)22-18)23-27-31(7,8)9/h14-17,19-20H,13H2,1-12H3/t14-,15-,16+,17?,18+/m1/s1. The lowest BCUT2D eigenvalue weighted by Crippen LogP contribution is -2.70. The maximum Gasteiger partial charge on any atom is 0.230 e. The summed E-state index contributed by atoms with van der Waals surface area (Å²) in [7, 11) is -8.69. The third kappa shape index (κ3) is 10.8. The average molecular weight is 533 g/mol. The average Bonchev–Trinajstić information content (AvgIpc) is 2.51. The fraction of sp³-hybridized carbons (Fsp3) is 1.00. The maximum atomic E-state index is 10.7. The number of ether oxygens (including phenoxy) is 1. The first-order valence-corrected chi connectivity index (χ1v) is 24.5. The molecule has 1 rings (SSSR count). The molecule has 0 aliphatic carbocycles. The number of aliphatic hydroxyl groups is 2. The molecule has 1 fully saturated rings. The van der Waals surface area contributed by atoms with Crippen molar-refractivity contribution in [2.75, 3.05) is 6.61 Å². The van der Waals surface area contributed by atoms with Crippen LogP contribution in [0.15, 0.2) is 0 Å². The minimum atomic E-state index is -2.32. The second-order valence-electron chi connectivity index (χ2n) is 12.0. The zero-order valence-electron chi connectivity index (χ0n) is 21.7. The van der Waals surface area contributed by atoms with Gasteiger partial charge in [0.05, 0.1) is 0 Å². The van der Waals surface area contributed by atoms with Crippen molar-refractivity contribution in [1.82, 2.24) is 0 Å². The summed E-state index contributed by atoms with van der Waals surface area (Å²) < 4.78 is 29.1. The first-order valence-electron chi connectivity index (χ1n) is 10.9. The fourth-order valence-corrected chi connectivity index (χ4v) is 5.06. The highest BCUT2D eigenvalue weighted by atomic mass is 28.4. The summed E-state index contributed by atoms with van der Waals surface area (Å²) >= 11 is 0. The molecule has 2 N–H and O–H groups in total. The van der Waals surface area contributed by atoms with Crippen LogP contribution in [0.2, 0.25) is 78.6 Å². The molecule has 1 heterocycles. The van der Waals surface area contributed by atoms with E-state index in [1.807, 2.05) is 78.6 Å². The van der Waals surface area contributed by atoms with E-state index in [0.717, 1.165) is 0 Å². The van der Waals surface area contributed by atoms with Crippen molar-refractivity contribution in [3.63, 3.8) is 0 Å². The minimum absolute atomic E-state index is 0.238. The smallest absolute Gasteiger partial charge is 0.230 e.